The first-order valence-electron chi connectivity index (χ1n) is 25.7. The van der Waals surface area contributed by atoms with Gasteiger partial charge in [0.1, 0.15) is 42.3 Å². The van der Waals surface area contributed by atoms with E-state index in [1.165, 1.54) is 14.7 Å². The lowest BCUT2D eigenvalue weighted by Crippen LogP contribution is -2.59. The molecule has 13 N–H and O–H groups in total. The van der Waals surface area contributed by atoms with E-state index in [1.54, 1.807) is 58.0 Å². The number of amides is 9. The Balaban J connectivity index is 1.40. The quantitative estimate of drug-likeness (QED) is 0.0278. The Morgan fingerprint density at radius 2 is 1.15 bits per heavy atom. The summed E-state index contributed by atoms with van der Waals surface area (Å²) in [5.41, 5.74) is 17.7. The van der Waals surface area contributed by atoms with Crippen LogP contribution in [-0.2, 0) is 54.4 Å². The number of rotatable bonds is 26. The summed E-state index contributed by atoms with van der Waals surface area (Å²) in [6.45, 7) is 10.4. The molecule has 0 radical (unpaired) electrons. The third-order valence-electron chi connectivity index (χ3n) is 13.5. The highest BCUT2D eigenvalue weighted by molar-refractivity contribution is 5.98. The third-order valence-corrected chi connectivity index (χ3v) is 13.5. The molecule has 3 aliphatic heterocycles. The van der Waals surface area contributed by atoms with E-state index in [1.807, 2.05) is 13.8 Å². The van der Waals surface area contributed by atoms with E-state index in [2.05, 4.69) is 36.9 Å². The van der Waals surface area contributed by atoms with Crippen LogP contribution in [-0.4, -0.2) is 173 Å². The molecule has 0 saturated carbocycles. The standard InChI is InChI=1S/C50H79N13O11/c1-28(2)24-33(58-46(70)40(51)29(3)4)43(67)56-27-39(65)62-22-12-18-36(62)45(69)60-41(30(5)6)47(71)57-32(16-10-20-54-50(52)53)42(66)55-26-38(64)61-21-11-17-35(61)44(68)59-34(25-31-14-8-7-9-15-31)48(72)63-23-13-19-37(63)49(73)74/h7-9,14-15,28-30,32-37,40-41H,10-13,16-27,51H2,1-6H3,(H,55,66)(H,56,67)(H,57,71)(H,58,70)(H,59,68)(H,60,69)(H,73,74)(H4,52,53,54)/t32-,33-,34-,35-,36-,37-,40-,41-/m0/s1. The SMILES string of the molecule is CC(C)C[C@H](NC(=O)[C@@H](N)C(C)C)C(=O)NCC(=O)N1CCC[C@H]1C(=O)N[C@H](C(=O)N[C@@H](CCCN=C(N)N)C(=O)NCC(=O)N1CCC[C@H]1C(=O)N[C@@H](Cc1ccccc1)C(=O)N1CCC[C@H]1C(=O)O)C(C)C. The third kappa shape index (κ3) is 17.4. The first-order valence-corrected chi connectivity index (χ1v) is 25.7. The molecule has 24 heteroatoms. The Bertz CT molecular complexity index is 2190. The van der Waals surface area contributed by atoms with E-state index in [9.17, 15) is 53.1 Å². The van der Waals surface area contributed by atoms with Crippen LogP contribution in [0, 0.1) is 17.8 Å². The fourth-order valence-corrected chi connectivity index (χ4v) is 9.35. The van der Waals surface area contributed by atoms with Crippen LogP contribution < -0.4 is 49.1 Å². The van der Waals surface area contributed by atoms with Gasteiger partial charge in [-0.3, -0.25) is 48.1 Å². The van der Waals surface area contributed by atoms with Gasteiger partial charge in [0.15, 0.2) is 5.96 Å². The van der Waals surface area contributed by atoms with Crippen molar-refractivity contribution in [2.75, 3.05) is 39.3 Å². The Morgan fingerprint density at radius 1 is 0.635 bits per heavy atom. The molecule has 1 aromatic carbocycles. The second-order valence-corrected chi connectivity index (χ2v) is 20.4. The van der Waals surface area contributed by atoms with Gasteiger partial charge in [0, 0.05) is 32.6 Å². The van der Waals surface area contributed by atoms with Gasteiger partial charge in [-0.25, -0.2) is 4.79 Å². The van der Waals surface area contributed by atoms with Crippen molar-refractivity contribution in [1.82, 2.24) is 46.6 Å². The minimum Gasteiger partial charge on any atom is -0.480 e. The van der Waals surface area contributed by atoms with Gasteiger partial charge in [0.05, 0.1) is 19.1 Å². The zero-order chi connectivity index (χ0) is 54.8. The normalized spacial score (nSPS) is 19.5. The van der Waals surface area contributed by atoms with Crippen molar-refractivity contribution in [1.29, 1.82) is 0 Å². The smallest absolute Gasteiger partial charge is 0.326 e. The lowest BCUT2D eigenvalue weighted by molar-refractivity contribution is -0.149. The zero-order valence-electron chi connectivity index (χ0n) is 43.6. The van der Waals surface area contributed by atoms with E-state index in [0.717, 1.165) is 5.56 Å². The van der Waals surface area contributed by atoms with E-state index >= 15 is 0 Å². The van der Waals surface area contributed by atoms with Gasteiger partial charge < -0.3 is 68.9 Å². The highest BCUT2D eigenvalue weighted by Crippen LogP contribution is 2.23. The molecular weight excluding hydrogens is 959 g/mol. The van der Waals surface area contributed by atoms with Gasteiger partial charge in [-0.2, -0.15) is 0 Å². The molecule has 0 aliphatic carbocycles. The minimum absolute atomic E-state index is 0.00942. The number of nitrogens with two attached hydrogens (primary N) is 3. The first-order chi connectivity index (χ1) is 35.0. The highest BCUT2D eigenvalue weighted by Gasteiger charge is 2.42. The van der Waals surface area contributed by atoms with Crippen molar-refractivity contribution in [3.8, 4) is 0 Å². The van der Waals surface area contributed by atoms with Crippen LogP contribution in [0.1, 0.15) is 105 Å². The number of carbonyl (C=O) groups is 10. The van der Waals surface area contributed by atoms with Crippen LogP contribution in [0.4, 0.5) is 0 Å². The average molecular weight is 1040 g/mol. The maximum Gasteiger partial charge on any atom is 0.326 e. The molecule has 0 aromatic heterocycles. The molecule has 8 atom stereocenters. The summed E-state index contributed by atoms with van der Waals surface area (Å²) in [4.78, 5) is 143. The zero-order valence-corrected chi connectivity index (χ0v) is 43.6. The average Bonchev–Trinajstić information content (AvgIpc) is 4.16. The van der Waals surface area contributed by atoms with Crippen LogP contribution in [0.3, 0.4) is 0 Å². The molecule has 3 aliphatic rings. The predicted octanol–water partition coefficient (Wildman–Crippen LogP) is -1.80. The maximum absolute atomic E-state index is 14.0. The van der Waals surface area contributed by atoms with Gasteiger partial charge in [0.2, 0.25) is 53.2 Å². The molecule has 1 aromatic rings. The number of aliphatic carboxylic acids is 1. The first kappa shape index (κ1) is 59.7. The van der Waals surface area contributed by atoms with E-state index < -0.39 is 126 Å². The summed E-state index contributed by atoms with van der Waals surface area (Å²) < 4.78 is 0. The fraction of sp³-hybridized carbons (Fsp3) is 0.660. The van der Waals surface area contributed by atoms with Crippen LogP contribution >= 0.6 is 0 Å². The number of carbonyl (C=O) groups excluding carboxylic acids is 9. The second kappa shape index (κ2) is 28.6. The molecule has 4 rings (SSSR count). The van der Waals surface area contributed by atoms with Gasteiger partial charge in [-0.1, -0.05) is 71.9 Å². The number of benzene rings is 1. The summed E-state index contributed by atoms with van der Waals surface area (Å²) in [7, 11) is 0. The van der Waals surface area contributed by atoms with Crippen molar-refractivity contribution in [3.05, 3.63) is 35.9 Å². The number of aliphatic imine (C=N–C) groups is 1. The topological polar surface area (TPSA) is 363 Å². The van der Waals surface area contributed by atoms with Crippen molar-refractivity contribution >= 4 is 65.1 Å². The van der Waals surface area contributed by atoms with E-state index in [0.29, 0.717) is 25.7 Å². The molecule has 9 amide bonds. The minimum atomic E-state index is -1.25. The number of likely N-dealkylation sites (tertiary alicyclic amines) is 3. The lowest BCUT2D eigenvalue weighted by atomic mass is 10.0. The maximum atomic E-state index is 14.0. The predicted molar refractivity (Wildman–Crippen MR) is 273 cm³/mol. The number of hydrogen-bond donors (Lipinski definition) is 10. The number of guanidine groups is 1. The molecule has 0 unspecified atom stereocenters. The van der Waals surface area contributed by atoms with Crippen molar-refractivity contribution in [2.24, 2.45) is 39.9 Å². The van der Waals surface area contributed by atoms with Crippen LogP contribution in [0.2, 0.25) is 0 Å². The summed E-state index contributed by atoms with van der Waals surface area (Å²) in [6.07, 6.45) is 2.85. The molecule has 24 nitrogen and oxygen atoms in total. The van der Waals surface area contributed by atoms with Crippen LogP contribution in [0.5, 0.6) is 0 Å². The van der Waals surface area contributed by atoms with Crippen LogP contribution in [0.25, 0.3) is 0 Å². The molecule has 0 bridgehead atoms. The number of hydrogen-bond acceptors (Lipinski definition) is 12. The highest BCUT2D eigenvalue weighted by atomic mass is 16.4. The Hall–Kier alpha value is -6.85. The summed E-state index contributed by atoms with van der Waals surface area (Å²) >= 11 is 0. The Labute approximate surface area is 432 Å². The molecule has 410 valence electrons. The molecular formula is C50H79N13O11. The van der Waals surface area contributed by atoms with E-state index in [4.69, 9.17) is 17.2 Å². The Kier molecular flexibility index (Phi) is 23.0. The number of carboxylic acid groups (broad SMARTS) is 1. The molecule has 3 fully saturated rings. The number of nitrogens with zero attached hydrogens (tertiary/aromatic N) is 4. The van der Waals surface area contributed by atoms with Gasteiger partial charge in [-0.15, -0.1) is 0 Å². The number of nitrogens with one attached hydrogen (secondary N) is 6. The van der Waals surface area contributed by atoms with Gasteiger partial charge in [-0.05, 0) is 81.1 Å². The molecule has 0 spiro atoms. The monoisotopic (exact) mass is 1040 g/mol. The number of carboxylic acids is 1. The molecule has 74 heavy (non-hydrogen) atoms. The van der Waals surface area contributed by atoms with Crippen molar-refractivity contribution < 1.29 is 53.1 Å². The van der Waals surface area contributed by atoms with Crippen LogP contribution in [0.15, 0.2) is 35.3 Å². The van der Waals surface area contributed by atoms with Crippen molar-refractivity contribution in [2.45, 2.75) is 154 Å². The largest absolute Gasteiger partial charge is 0.480 e. The second-order valence-electron chi connectivity index (χ2n) is 20.4. The van der Waals surface area contributed by atoms with E-state index in [-0.39, 0.29) is 82.5 Å². The molecule has 3 saturated heterocycles. The van der Waals surface area contributed by atoms with Gasteiger partial charge in [0.25, 0.3) is 0 Å². The summed E-state index contributed by atoms with van der Waals surface area (Å²) in [5.74, 6) is -7.43. The fourth-order valence-electron chi connectivity index (χ4n) is 9.35. The lowest BCUT2D eigenvalue weighted by Gasteiger charge is -2.30. The molecule has 3 heterocycles. The van der Waals surface area contributed by atoms with Gasteiger partial charge >= 0.3 is 5.97 Å². The summed E-state index contributed by atoms with van der Waals surface area (Å²) in [6, 6.07) is 0.615. The summed E-state index contributed by atoms with van der Waals surface area (Å²) in [5, 5.41) is 25.9. The Morgan fingerprint density at radius 3 is 1.66 bits per heavy atom. The van der Waals surface area contributed by atoms with Crippen molar-refractivity contribution in [3.63, 3.8) is 0 Å².